The van der Waals surface area contributed by atoms with Gasteiger partial charge in [-0.15, -0.1) is 26.3 Å². The predicted octanol–water partition coefficient (Wildman–Crippen LogP) is 2.55. The number of ether oxygens (including phenoxy) is 2. The average molecular weight is 656 g/mol. The topological polar surface area (TPSA) is 140 Å². The Kier molecular flexibility index (Phi) is 10.0. The summed E-state index contributed by atoms with van der Waals surface area (Å²) in [5.74, 6) is -12.0. The molecule has 0 spiro atoms. The smallest absolute Gasteiger partial charge is 0.356 e. The molecular formula is C25H30F9N3O7. The van der Waals surface area contributed by atoms with E-state index in [0.717, 1.165) is 0 Å². The molecule has 0 radical (unpaired) electrons. The van der Waals surface area contributed by atoms with E-state index in [4.69, 9.17) is 0 Å². The van der Waals surface area contributed by atoms with E-state index >= 15 is 0 Å². The van der Waals surface area contributed by atoms with Gasteiger partial charge in [0.05, 0.1) is 18.1 Å². The van der Waals surface area contributed by atoms with Crippen LogP contribution in [-0.4, -0.2) is 79.5 Å². The van der Waals surface area contributed by atoms with Crippen LogP contribution in [-0.2, 0) is 33.4 Å². The number of carbonyl (C=O) groups excluding carboxylic acids is 5. The molecule has 3 aliphatic rings. The van der Waals surface area contributed by atoms with Gasteiger partial charge in [-0.1, -0.05) is 13.8 Å². The van der Waals surface area contributed by atoms with Gasteiger partial charge in [0.25, 0.3) is 0 Å². The lowest BCUT2D eigenvalue weighted by molar-refractivity contribution is -0.342. The molecule has 10 nitrogen and oxygen atoms in total. The lowest BCUT2D eigenvalue weighted by Gasteiger charge is -2.32. The second-order valence-electron chi connectivity index (χ2n) is 11.7. The zero-order valence-corrected chi connectivity index (χ0v) is 23.4. The molecule has 3 N–H and O–H groups in total. The summed E-state index contributed by atoms with van der Waals surface area (Å²) in [6.45, 7) is 2.63. The van der Waals surface area contributed by atoms with Crippen molar-refractivity contribution in [1.29, 1.82) is 0 Å². The van der Waals surface area contributed by atoms with Crippen LogP contribution in [0.4, 0.5) is 39.5 Å². The molecule has 44 heavy (non-hydrogen) atoms. The minimum absolute atomic E-state index is 0.179. The van der Waals surface area contributed by atoms with Gasteiger partial charge in [0.15, 0.2) is 11.6 Å². The zero-order valence-electron chi connectivity index (χ0n) is 23.4. The van der Waals surface area contributed by atoms with Crippen molar-refractivity contribution in [1.82, 2.24) is 16.0 Å². The SMILES string of the molecule is CC(OC(F)(F)F)C(NC(=O)C(F)(F)F)C(=O)C1C[C@H]2[C@@H]([C@H]1C(=O)NC(C[C@@H]1CCNC1=O)C(=O)COC(F)(F)F)C2(C)C. The first kappa shape index (κ1) is 35.5. The molecule has 3 amide bonds. The van der Waals surface area contributed by atoms with Gasteiger partial charge in [-0.05, 0) is 43.4 Å². The number of amides is 3. The molecular weight excluding hydrogens is 625 g/mol. The zero-order chi connectivity index (χ0) is 33.6. The molecule has 0 bridgehead atoms. The number of carbonyl (C=O) groups is 5. The molecule has 0 aromatic heterocycles. The summed E-state index contributed by atoms with van der Waals surface area (Å²) >= 11 is 0. The summed E-state index contributed by atoms with van der Waals surface area (Å²) in [5, 5.41) is 5.93. The van der Waals surface area contributed by atoms with Crippen molar-refractivity contribution in [2.45, 2.75) is 77.1 Å². The molecule has 0 aromatic carbocycles. The minimum Gasteiger partial charge on any atom is -0.356 e. The third-order valence-corrected chi connectivity index (χ3v) is 8.54. The van der Waals surface area contributed by atoms with E-state index in [-0.39, 0.29) is 19.4 Å². The molecule has 250 valence electrons. The monoisotopic (exact) mass is 655 g/mol. The fraction of sp³-hybridized carbons (Fsp3) is 0.800. The second kappa shape index (κ2) is 12.4. The number of hydrogen-bond donors (Lipinski definition) is 3. The first-order chi connectivity index (χ1) is 19.9. The van der Waals surface area contributed by atoms with Crippen molar-refractivity contribution in [2.75, 3.05) is 13.2 Å². The van der Waals surface area contributed by atoms with E-state index < -0.39 is 114 Å². The number of rotatable bonds is 12. The Morgan fingerprint density at radius 3 is 2.11 bits per heavy atom. The maximum Gasteiger partial charge on any atom is 0.522 e. The van der Waals surface area contributed by atoms with Crippen LogP contribution in [0.5, 0.6) is 0 Å². The molecule has 8 atom stereocenters. The maximum absolute atomic E-state index is 13.6. The number of ketones is 2. The Balaban J connectivity index is 1.90. The highest BCUT2D eigenvalue weighted by Gasteiger charge is 2.70. The van der Waals surface area contributed by atoms with Gasteiger partial charge in [-0.25, -0.2) is 0 Å². The number of halogens is 9. The summed E-state index contributed by atoms with van der Waals surface area (Å²) in [7, 11) is 0. The fourth-order valence-electron chi connectivity index (χ4n) is 6.36. The molecule has 0 aromatic rings. The van der Waals surface area contributed by atoms with E-state index in [9.17, 15) is 63.5 Å². The number of Topliss-reactive ketones (excluding diaryl/α,β-unsaturated/α-hetero) is 2. The van der Waals surface area contributed by atoms with Gasteiger partial charge in [0, 0.05) is 18.4 Å². The Bertz CT molecular complexity index is 1160. The van der Waals surface area contributed by atoms with Crippen LogP contribution in [0.1, 0.15) is 40.0 Å². The van der Waals surface area contributed by atoms with Crippen molar-refractivity contribution in [3.05, 3.63) is 0 Å². The van der Waals surface area contributed by atoms with Gasteiger partial charge < -0.3 is 16.0 Å². The lowest BCUT2D eigenvalue weighted by atomic mass is 9.78. The Morgan fingerprint density at radius 2 is 1.61 bits per heavy atom. The van der Waals surface area contributed by atoms with Crippen molar-refractivity contribution in [3.8, 4) is 0 Å². The minimum atomic E-state index is -5.59. The Labute approximate surface area is 244 Å². The van der Waals surface area contributed by atoms with Crippen LogP contribution in [0.15, 0.2) is 0 Å². The number of fused-ring (bicyclic) bond motifs is 1. The summed E-state index contributed by atoms with van der Waals surface area (Å²) in [5.41, 5.74) is -0.637. The third-order valence-electron chi connectivity index (χ3n) is 8.54. The quantitative estimate of drug-likeness (QED) is 0.275. The molecule has 2 saturated carbocycles. The molecule has 19 heteroatoms. The normalized spacial score (nSPS) is 28.4. The van der Waals surface area contributed by atoms with Crippen LogP contribution < -0.4 is 16.0 Å². The van der Waals surface area contributed by atoms with Crippen LogP contribution in [0, 0.1) is 35.0 Å². The number of nitrogens with one attached hydrogen (secondary N) is 3. The fourth-order valence-corrected chi connectivity index (χ4v) is 6.36. The van der Waals surface area contributed by atoms with Gasteiger partial charge >= 0.3 is 24.8 Å². The summed E-state index contributed by atoms with van der Waals surface area (Å²) in [4.78, 5) is 63.5. The van der Waals surface area contributed by atoms with Crippen LogP contribution in [0.25, 0.3) is 0 Å². The highest BCUT2D eigenvalue weighted by atomic mass is 19.4. The molecule has 2 aliphatic carbocycles. The third kappa shape index (κ3) is 8.39. The lowest BCUT2D eigenvalue weighted by Crippen LogP contribution is -2.56. The van der Waals surface area contributed by atoms with Crippen molar-refractivity contribution in [2.24, 2.45) is 35.0 Å². The Morgan fingerprint density at radius 1 is 1.00 bits per heavy atom. The van der Waals surface area contributed by atoms with Crippen molar-refractivity contribution >= 4 is 29.3 Å². The number of alkyl halides is 9. The van der Waals surface area contributed by atoms with Gasteiger partial charge in [0.2, 0.25) is 11.8 Å². The molecule has 1 aliphatic heterocycles. The summed E-state index contributed by atoms with van der Waals surface area (Å²) in [6.07, 6.45) is -19.0. The van der Waals surface area contributed by atoms with Crippen molar-refractivity contribution in [3.63, 3.8) is 0 Å². The van der Waals surface area contributed by atoms with Gasteiger partial charge in [-0.3, -0.25) is 33.4 Å². The highest BCUT2D eigenvalue weighted by Crippen LogP contribution is 2.70. The van der Waals surface area contributed by atoms with Crippen LogP contribution in [0.3, 0.4) is 0 Å². The molecule has 1 heterocycles. The highest BCUT2D eigenvalue weighted by molar-refractivity contribution is 5.98. The summed E-state index contributed by atoms with van der Waals surface area (Å²) < 4.78 is 123. The van der Waals surface area contributed by atoms with E-state index in [2.05, 4.69) is 20.1 Å². The Hall–Kier alpha value is -2.96. The molecule has 3 fully saturated rings. The van der Waals surface area contributed by atoms with Crippen molar-refractivity contribution < 1.29 is 73.0 Å². The van der Waals surface area contributed by atoms with E-state index in [1.165, 1.54) is 5.32 Å². The molecule has 3 rings (SSSR count). The molecule has 4 unspecified atom stereocenters. The van der Waals surface area contributed by atoms with E-state index in [1.54, 1.807) is 13.8 Å². The van der Waals surface area contributed by atoms with Gasteiger partial charge in [-0.2, -0.15) is 13.2 Å². The maximum atomic E-state index is 13.6. The largest absolute Gasteiger partial charge is 0.522 e. The predicted molar refractivity (Wildman–Crippen MR) is 127 cm³/mol. The van der Waals surface area contributed by atoms with Crippen LogP contribution in [0.2, 0.25) is 0 Å². The van der Waals surface area contributed by atoms with Gasteiger partial charge in [0.1, 0.15) is 12.6 Å². The first-order valence-electron chi connectivity index (χ1n) is 13.4. The summed E-state index contributed by atoms with van der Waals surface area (Å²) in [6, 6.07) is -4.23. The average Bonchev–Trinajstić information content (AvgIpc) is 3.21. The standard InChI is InChI=1S/C25H30F9N3O7/c1-9(44-25(32,33)34)17(37-21(42)23(26,27)28)18(39)11-7-12-16(22(12,2)3)15(11)20(41)36-13(6-10-4-5-35-19(10)40)14(38)8-43-24(29,30)31/h9-13,15-17H,4-8H2,1-3H3,(H,35,40)(H,36,41)(H,37,42)/t9?,10-,11?,12-,13?,15-,16-,17?/m0/s1. The van der Waals surface area contributed by atoms with E-state index in [1.807, 2.05) is 0 Å². The number of hydrogen-bond acceptors (Lipinski definition) is 7. The molecule has 1 saturated heterocycles. The second-order valence-corrected chi connectivity index (χ2v) is 11.7. The first-order valence-corrected chi connectivity index (χ1v) is 13.4. The van der Waals surface area contributed by atoms with E-state index in [0.29, 0.717) is 6.92 Å². The van der Waals surface area contributed by atoms with Crippen LogP contribution >= 0.6 is 0 Å².